The smallest absolute Gasteiger partial charge is 0.325 e. The average Bonchev–Trinajstić information content (AvgIpc) is 2.76. The number of nitrogens with two attached hydrogens (primary N) is 1. The van der Waals surface area contributed by atoms with Crippen LogP contribution in [0.3, 0.4) is 0 Å². The molecule has 0 radical (unpaired) electrons. The van der Waals surface area contributed by atoms with Gasteiger partial charge in [-0.3, -0.25) is 4.79 Å². The fraction of sp³-hybridized carbons (Fsp3) is 0.545. The number of carbonyl (C=O) groups excluding carboxylic acids is 1. The maximum Gasteiger partial charge on any atom is 0.325 e. The van der Waals surface area contributed by atoms with Crippen molar-refractivity contribution in [1.82, 2.24) is 0 Å². The van der Waals surface area contributed by atoms with Crippen molar-refractivity contribution < 1.29 is 9.53 Å². The van der Waals surface area contributed by atoms with E-state index in [2.05, 4.69) is 16.2 Å². The van der Waals surface area contributed by atoms with Gasteiger partial charge in [0, 0.05) is 0 Å². The number of hydrogen-bond acceptors (Lipinski definition) is 5. The molecule has 1 atom stereocenters. The Kier molecular flexibility index (Phi) is 5.31. The van der Waals surface area contributed by atoms with Gasteiger partial charge in [-0.2, -0.15) is 0 Å². The van der Waals surface area contributed by atoms with Crippen LogP contribution in [-0.2, 0) is 9.53 Å². The van der Waals surface area contributed by atoms with Crippen molar-refractivity contribution in [2.75, 3.05) is 12.9 Å². The number of thiophene rings is 1. The summed E-state index contributed by atoms with van der Waals surface area (Å²) in [6.07, 6.45) is 1.56. The highest BCUT2D eigenvalue weighted by molar-refractivity contribution is 8.01. The number of esters is 1. The molecule has 1 rings (SSSR count). The molecule has 90 valence electrons. The first-order valence-corrected chi connectivity index (χ1v) is 6.96. The largest absolute Gasteiger partial charge is 0.468 e. The number of ether oxygens (including phenoxy) is 1. The Labute approximate surface area is 104 Å². The maximum atomic E-state index is 11.3. The zero-order chi connectivity index (χ0) is 12.0. The Morgan fingerprint density at radius 3 is 3.00 bits per heavy atom. The van der Waals surface area contributed by atoms with Gasteiger partial charge in [0.25, 0.3) is 0 Å². The fourth-order valence-electron chi connectivity index (χ4n) is 1.29. The molecule has 0 aliphatic heterocycles. The van der Waals surface area contributed by atoms with Crippen LogP contribution in [0.1, 0.15) is 19.8 Å². The van der Waals surface area contributed by atoms with Crippen LogP contribution >= 0.6 is 23.1 Å². The summed E-state index contributed by atoms with van der Waals surface area (Å²) in [4.78, 5) is 11.3. The van der Waals surface area contributed by atoms with E-state index in [9.17, 15) is 4.79 Å². The van der Waals surface area contributed by atoms with E-state index in [1.165, 1.54) is 11.3 Å². The van der Waals surface area contributed by atoms with Gasteiger partial charge in [-0.25, -0.2) is 0 Å². The van der Waals surface area contributed by atoms with Crippen LogP contribution in [0.25, 0.3) is 0 Å². The Morgan fingerprint density at radius 2 is 2.44 bits per heavy atom. The second-order valence-electron chi connectivity index (χ2n) is 3.79. The minimum absolute atomic E-state index is 0.339. The number of thioether (sulfide) groups is 1. The highest BCUT2D eigenvalue weighted by Gasteiger charge is 2.28. The lowest BCUT2D eigenvalue weighted by molar-refractivity contribution is -0.146. The van der Waals surface area contributed by atoms with Crippen molar-refractivity contribution in [3.8, 4) is 0 Å². The zero-order valence-corrected chi connectivity index (χ0v) is 11.2. The Balaban J connectivity index is 2.22. The highest BCUT2D eigenvalue weighted by atomic mass is 32.2. The molecule has 0 spiro atoms. The number of hydrogen-bond donors (Lipinski definition) is 1. The third kappa shape index (κ3) is 4.15. The van der Waals surface area contributed by atoms with Crippen LogP contribution in [-0.4, -0.2) is 24.4 Å². The molecule has 16 heavy (non-hydrogen) atoms. The molecule has 1 unspecified atom stereocenters. The minimum atomic E-state index is -0.856. The summed E-state index contributed by atoms with van der Waals surface area (Å²) in [6.45, 7) is 1.72. The molecule has 0 aliphatic carbocycles. The molecule has 1 heterocycles. The van der Waals surface area contributed by atoms with Crippen LogP contribution < -0.4 is 5.73 Å². The Morgan fingerprint density at radius 1 is 1.69 bits per heavy atom. The van der Waals surface area contributed by atoms with Crippen LogP contribution in [0.15, 0.2) is 21.7 Å². The molecule has 0 saturated heterocycles. The van der Waals surface area contributed by atoms with Gasteiger partial charge >= 0.3 is 5.97 Å². The Hall–Kier alpha value is -0.520. The standard InChI is InChI=1S/C11H17NO2S2/c1-11(12,10(13)14-2)6-4-8-16-9-5-3-7-15-9/h3,5,7H,4,6,8,12H2,1-2H3. The molecular formula is C11H17NO2S2. The predicted molar refractivity (Wildman–Crippen MR) is 68.9 cm³/mol. The topological polar surface area (TPSA) is 52.3 Å². The predicted octanol–water partition coefficient (Wildman–Crippen LogP) is 2.51. The summed E-state index contributed by atoms with van der Waals surface area (Å²) >= 11 is 3.53. The summed E-state index contributed by atoms with van der Waals surface area (Å²) in [6, 6.07) is 4.13. The quantitative estimate of drug-likeness (QED) is 0.484. The summed E-state index contributed by atoms with van der Waals surface area (Å²) in [5.74, 6) is 0.637. The van der Waals surface area contributed by atoms with Gasteiger partial charge in [-0.15, -0.1) is 23.1 Å². The molecule has 0 aliphatic rings. The molecule has 3 nitrogen and oxygen atoms in total. The lowest BCUT2D eigenvalue weighted by atomic mass is 9.98. The van der Waals surface area contributed by atoms with Gasteiger partial charge in [0.1, 0.15) is 5.54 Å². The van der Waals surface area contributed by atoms with E-state index in [-0.39, 0.29) is 5.97 Å². The molecule has 1 aromatic rings. The highest BCUT2D eigenvalue weighted by Crippen LogP contribution is 2.25. The summed E-state index contributed by atoms with van der Waals surface area (Å²) in [5.41, 5.74) is 4.99. The molecule has 0 amide bonds. The average molecular weight is 259 g/mol. The van der Waals surface area contributed by atoms with E-state index >= 15 is 0 Å². The molecule has 0 fully saturated rings. The van der Waals surface area contributed by atoms with Crippen molar-refractivity contribution in [1.29, 1.82) is 0 Å². The van der Waals surface area contributed by atoms with E-state index in [0.717, 1.165) is 12.2 Å². The van der Waals surface area contributed by atoms with Crippen LogP contribution in [0, 0.1) is 0 Å². The number of methoxy groups -OCH3 is 1. The summed E-state index contributed by atoms with van der Waals surface area (Å²) in [5, 5.41) is 2.06. The third-order valence-corrected chi connectivity index (χ3v) is 4.45. The molecule has 0 bridgehead atoms. The molecule has 0 aromatic carbocycles. The second-order valence-corrected chi connectivity index (χ2v) is 6.14. The van der Waals surface area contributed by atoms with Crippen molar-refractivity contribution in [2.24, 2.45) is 5.73 Å². The summed E-state index contributed by atoms with van der Waals surface area (Å²) < 4.78 is 5.95. The van der Waals surface area contributed by atoms with Gasteiger partial charge in [0.05, 0.1) is 11.3 Å². The van der Waals surface area contributed by atoms with Gasteiger partial charge in [-0.05, 0) is 37.0 Å². The first-order chi connectivity index (χ1) is 7.56. The van der Waals surface area contributed by atoms with E-state index in [0.29, 0.717) is 6.42 Å². The summed E-state index contributed by atoms with van der Waals surface area (Å²) in [7, 11) is 1.37. The molecule has 1 aromatic heterocycles. The second kappa shape index (κ2) is 6.27. The molecule has 0 saturated carbocycles. The molecule has 5 heteroatoms. The van der Waals surface area contributed by atoms with Crippen LogP contribution in [0.5, 0.6) is 0 Å². The van der Waals surface area contributed by atoms with Gasteiger partial charge in [0.2, 0.25) is 0 Å². The first-order valence-electron chi connectivity index (χ1n) is 5.10. The maximum absolute atomic E-state index is 11.3. The third-order valence-electron chi connectivity index (χ3n) is 2.23. The van der Waals surface area contributed by atoms with E-state index in [1.54, 1.807) is 30.0 Å². The monoisotopic (exact) mass is 259 g/mol. The molecule has 2 N–H and O–H groups in total. The van der Waals surface area contributed by atoms with Crippen LogP contribution in [0.2, 0.25) is 0 Å². The number of rotatable bonds is 6. The number of carbonyl (C=O) groups is 1. The van der Waals surface area contributed by atoms with E-state index in [1.807, 2.05) is 6.07 Å². The van der Waals surface area contributed by atoms with Gasteiger partial charge in [-0.1, -0.05) is 6.07 Å². The van der Waals surface area contributed by atoms with Crippen molar-refractivity contribution >= 4 is 29.1 Å². The first kappa shape index (κ1) is 13.5. The van der Waals surface area contributed by atoms with E-state index in [4.69, 9.17) is 5.73 Å². The van der Waals surface area contributed by atoms with Crippen molar-refractivity contribution in [3.05, 3.63) is 17.5 Å². The SMILES string of the molecule is COC(=O)C(C)(N)CCCSc1cccs1. The normalized spacial score (nSPS) is 14.4. The van der Waals surface area contributed by atoms with Gasteiger partial charge < -0.3 is 10.5 Å². The van der Waals surface area contributed by atoms with Gasteiger partial charge in [0.15, 0.2) is 0 Å². The Bertz CT molecular complexity index is 323. The zero-order valence-electron chi connectivity index (χ0n) is 9.56. The van der Waals surface area contributed by atoms with Crippen molar-refractivity contribution in [2.45, 2.75) is 29.5 Å². The van der Waals surface area contributed by atoms with E-state index < -0.39 is 5.54 Å². The molecular weight excluding hydrogens is 242 g/mol. The minimum Gasteiger partial charge on any atom is -0.468 e. The fourth-order valence-corrected chi connectivity index (χ4v) is 3.09. The lowest BCUT2D eigenvalue weighted by Crippen LogP contribution is -2.45. The van der Waals surface area contributed by atoms with Crippen molar-refractivity contribution in [3.63, 3.8) is 0 Å². The van der Waals surface area contributed by atoms with Crippen LogP contribution in [0.4, 0.5) is 0 Å². The lowest BCUT2D eigenvalue weighted by Gasteiger charge is -2.20.